The van der Waals surface area contributed by atoms with Gasteiger partial charge in [-0.05, 0) is 37.8 Å². The lowest BCUT2D eigenvalue weighted by molar-refractivity contribution is 0.257. The van der Waals surface area contributed by atoms with Crippen molar-refractivity contribution in [2.75, 3.05) is 5.75 Å². The van der Waals surface area contributed by atoms with Crippen molar-refractivity contribution in [1.29, 1.82) is 0 Å². The number of nitrogens with two attached hydrogens (primary N) is 1. The van der Waals surface area contributed by atoms with E-state index >= 15 is 0 Å². The molecule has 0 saturated carbocycles. The van der Waals surface area contributed by atoms with Crippen LogP contribution in [0.2, 0.25) is 0 Å². The van der Waals surface area contributed by atoms with E-state index in [1.807, 2.05) is 6.07 Å². The summed E-state index contributed by atoms with van der Waals surface area (Å²) in [6.07, 6.45) is 4.27. The Morgan fingerprint density at radius 2 is 1.95 bits per heavy atom. The third-order valence-corrected chi connectivity index (χ3v) is 4.85. The summed E-state index contributed by atoms with van der Waals surface area (Å²) in [5.74, 6) is 0.144. The number of carbonyl (C=O) groups excluding carboxylic acids is 1. The highest BCUT2D eigenvalue weighted by Gasteiger charge is 2.15. The highest BCUT2D eigenvalue weighted by Crippen LogP contribution is 2.17. The maximum atomic E-state index is 12.1. The van der Waals surface area contributed by atoms with Crippen molar-refractivity contribution in [3.8, 4) is 0 Å². The molecule has 0 atom stereocenters. The molecule has 0 radical (unpaired) electrons. The second-order valence-corrected chi connectivity index (χ2v) is 6.66. The van der Waals surface area contributed by atoms with Gasteiger partial charge in [0.05, 0.1) is 10.6 Å². The molecule has 6 heteroatoms. The van der Waals surface area contributed by atoms with Crippen molar-refractivity contribution < 1.29 is 13.2 Å². The zero-order valence-corrected chi connectivity index (χ0v) is 12.4. The van der Waals surface area contributed by atoms with E-state index in [0.29, 0.717) is 17.7 Å². The normalized spacial score (nSPS) is 11.8. The van der Waals surface area contributed by atoms with Gasteiger partial charge >= 0.3 is 6.03 Å². The number of rotatable bonds is 7. The minimum atomic E-state index is -3.20. The van der Waals surface area contributed by atoms with Crippen molar-refractivity contribution >= 4 is 22.1 Å². The van der Waals surface area contributed by atoms with Crippen molar-refractivity contribution in [2.45, 2.75) is 37.5 Å². The average Bonchev–Trinajstić information content (AvgIpc) is 2.37. The number of aryl methyl sites for hydroxylation is 1. The van der Waals surface area contributed by atoms with Crippen LogP contribution in [0.4, 0.5) is 4.79 Å². The number of nitrogens with zero attached hydrogens (tertiary/aromatic N) is 1. The number of urea groups is 1. The Kier molecular flexibility index (Phi) is 6.38. The average molecular weight is 296 g/mol. The molecule has 0 fully saturated rings. The number of hydrogen-bond donors (Lipinski definition) is 1. The Balaban J connectivity index is 2.38. The van der Waals surface area contributed by atoms with Crippen LogP contribution in [0.5, 0.6) is 0 Å². The number of unbranched alkanes of at least 4 members (excludes halogenated alkanes) is 3. The zero-order valence-electron chi connectivity index (χ0n) is 11.6. The smallest absolute Gasteiger partial charge is 0.337 e. The molecular weight excluding hydrogens is 276 g/mol. The summed E-state index contributed by atoms with van der Waals surface area (Å²) >= 11 is 0. The summed E-state index contributed by atoms with van der Waals surface area (Å²) in [7, 11) is -3.20. The van der Waals surface area contributed by atoms with Gasteiger partial charge in [0.2, 0.25) is 0 Å². The predicted octanol–water partition coefficient (Wildman–Crippen LogP) is 2.48. The Labute approximate surface area is 119 Å². The van der Waals surface area contributed by atoms with Crippen LogP contribution >= 0.6 is 0 Å². The molecule has 2 N–H and O–H groups in total. The van der Waals surface area contributed by atoms with Gasteiger partial charge in [0.15, 0.2) is 9.84 Å². The minimum Gasteiger partial charge on any atom is -0.350 e. The highest BCUT2D eigenvalue weighted by atomic mass is 32.2. The molecule has 110 valence electrons. The Bertz CT molecular complexity index is 580. The lowest BCUT2D eigenvalue weighted by Gasteiger charge is -2.06. The quantitative estimate of drug-likeness (QED) is 0.619. The lowest BCUT2D eigenvalue weighted by Crippen LogP contribution is -2.08. The number of aliphatic imine (C=N–C) groups is 1. The second kappa shape index (κ2) is 7.79. The van der Waals surface area contributed by atoms with Crippen LogP contribution < -0.4 is 5.73 Å². The number of primary amides is 1. The summed E-state index contributed by atoms with van der Waals surface area (Å²) in [5.41, 5.74) is 5.63. The number of benzene rings is 1. The van der Waals surface area contributed by atoms with Gasteiger partial charge in [-0.1, -0.05) is 24.6 Å². The Morgan fingerprint density at radius 1 is 1.25 bits per heavy atom. The van der Waals surface area contributed by atoms with Gasteiger partial charge in [0.25, 0.3) is 0 Å². The summed E-state index contributed by atoms with van der Waals surface area (Å²) in [4.78, 5) is 14.2. The molecule has 0 aliphatic carbocycles. The van der Waals surface area contributed by atoms with Gasteiger partial charge in [0, 0.05) is 6.21 Å². The van der Waals surface area contributed by atoms with Gasteiger partial charge in [-0.2, -0.15) is 0 Å². The van der Waals surface area contributed by atoms with Gasteiger partial charge < -0.3 is 5.73 Å². The van der Waals surface area contributed by atoms with Gasteiger partial charge in [0.1, 0.15) is 0 Å². The zero-order chi connectivity index (χ0) is 15.0. The van der Waals surface area contributed by atoms with E-state index in [2.05, 4.69) is 4.99 Å². The minimum absolute atomic E-state index is 0.144. The molecular formula is C14H20N2O3S. The molecule has 0 heterocycles. The van der Waals surface area contributed by atoms with E-state index in [0.717, 1.165) is 18.4 Å². The first-order chi connectivity index (χ1) is 9.43. The molecule has 0 saturated heterocycles. The van der Waals surface area contributed by atoms with Crippen LogP contribution in [0.25, 0.3) is 0 Å². The molecule has 1 aromatic rings. The van der Waals surface area contributed by atoms with E-state index in [-0.39, 0.29) is 5.75 Å². The maximum absolute atomic E-state index is 12.1. The Morgan fingerprint density at radius 3 is 2.60 bits per heavy atom. The Hall–Kier alpha value is -1.69. The van der Waals surface area contributed by atoms with Crippen LogP contribution in [-0.2, 0) is 9.84 Å². The molecule has 1 rings (SSSR count). The van der Waals surface area contributed by atoms with Crippen LogP contribution in [-0.4, -0.2) is 26.4 Å². The van der Waals surface area contributed by atoms with E-state index < -0.39 is 15.9 Å². The van der Waals surface area contributed by atoms with Crippen LogP contribution in [0, 0.1) is 6.92 Å². The topological polar surface area (TPSA) is 89.6 Å². The number of sulfone groups is 1. The molecule has 5 nitrogen and oxygen atoms in total. The fourth-order valence-corrected chi connectivity index (χ4v) is 3.52. The van der Waals surface area contributed by atoms with Crippen molar-refractivity contribution in [3.05, 3.63) is 29.8 Å². The number of amides is 2. The first-order valence-electron chi connectivity index (χ1n) is 6.54. The largest absolute Gasteiger partial charge is 0.350 e. The van der Waals surface area contributed by atoms with Gasteiger partial charge in [-0.15, -0.1) is 0 Å². The first-order valence-corrected chi connectivity index (χ1v) is 8.19. The molecule has 2 amide bonds. The molecule has 20 heavy (non-hydrogen) atoms. The number of hydrogen-bond acceptors (Lipinski definition) is 3. The fraction of sp³-hybridized carbons (Fsp3) is 0.429. The molecule has 0 aliphatic heterocycles. The van der Waals surface area contributed by atoms with Crippen LogP contribution in [0.15, 0.2) is 34.2 Å². The third kappa shape index (κ3) is 5.52. The van der Waals surface area contributed by atoms with Gasteiger partial charge in [-0.25, -0.2) is 18.2 Å². The summed E-state index contributed by atoms with van der Waals surface area (Å²) in [5, 5.41) is 0. The fourth-order valence-electron chi connectivity index (χ4n) is 1.87. The summed E-state index contributed by atoms with van der Waals surface area (Å²) in [6.45, 7) is 1.80. The second-order valence-electron chi connectivity index (χ2n) is 4.58. The van der Waals surface area contributed by atoms with Crippen LogP contribution in [0.3, 0.4) is 0 Å². The molecule has 0 aromatic heterocycles. The maximum Gasteiger partial charge on any atom is 0.337 e. The lowest BCUT2D eigenvalue weighted by atomic mass is 10.2. The molecule has 1 aromatic carbocycles. The van der Waals surface area contributed by atoms with Crippen molar-refractivity contribution in [3.63, 3.8) is 0 Å². The van der Waals surface area contributed by atoms with E-state index in [9.17, 15) is 13.2 Å². The third-order valence-electron chi connectivity index (χ3n) is 2.89. The summed E-state index contributed by atoms with van der Waals surface area (Å²) in [6, 6.07) is 6.30. The summed E-state index contributed by atoms with van der Waals surface area (Å²) < 4.78 is 24.3. The molecule has 0 bridgehead atoms. The molecule has 0 unspecified atom stereocenters. The standard InChI is InChI=1S/C14H20N2O3S/c1-12-8-4-5-9-13(12)20(18,19)11-7-3-2-6-10-16-14(15)17/h4-5,8-10H,2-3,6-7,11H2,1H3,(H2,15,17). The monoisotopic (exact) mass is 296 g/mol. The first kappa shape index (κ1) is 16.4. The number of carbonyl (C=O) groups is 1. The van der Waals surface area contributed by atoms with E-state index in [4.69, 9.17) is 5.73 Å². The van der Waals surface area contributed by atoms with Crippen molar-refractivity contribution in [1.82, 2.24) is 0 Å². The predicted molar refractivity (Wildman–Crippen MR) is 79.8 cm³/mol. The van der Waals surface area contributed by atoms with Crippen molar-refractivity contribution in [2.24, 2.45) is 10.7 Å². The van der Waals surface area contributed by atoms with Gasteiger partial charge in [-0.3, -0.25) is 0 Å². The van der Waals surface area contributed by atoms with E-state index in [1.54, 1.807) is 25.1 Å². The highest BCUT2D eigenvalue weighted by molar-refractivity contribution is 7.91. The molecule has 0 spiro atoms. The molecule has 0 aliphatic rings. The van der Waals surface area contributed by atoms with E-state index in [1.165, 1.54) is 6.21 Å². The van der Waals surface area contributed by atoms with Crippen LogP contribution in [0.1, 0.15) is 31.2 Å². The SMILES string of the molecule is Cc1ccccc1S(=O)(=O)CCCCCC=NC(N)=O.